The standard InChI is InChI=1S/C28H34BrClN6O6S/c1-31-26(40)20(37)9-8-18(32-27(41)21-12-17(29)23(30)43-21)25(39)33-19-7-4-10-36(28(19)42)14-22(38)34-24-16-6-3-5-15(11-16)13-35(24)2/h4,7,10,12,15-16,18,24H,3,5-6,8-9,11,13-14H2,1-2H3,(H,31,40)(H,32,41)(H,33,39)(H,34,38). The number of hydrogen-bond donors (Lipinski definition) is 4. The fraction of sp³-hybridized carbons (Fsp3) is 0.500. The maximum absolute atomic E-state index is 13.3. The number of nitrogens with one attached hydrogen (secondary N) is 4. The molecule has 2 bridgehead atoms. The zero-order valence-electron chi connectivity index (χ0n) is 23.8. The van der Waals surface area contributed by atoms with Crippen LogP contribution in [0.2, 0.25) is 4.34 Å². The third-order valence-electron chi connectivity index (χ3n) is 7.82. The Kier molecular flexibility index (Phi) is 11.2. The molecule has 2 fully saturated rings. The first-order valence-corrected chi connectivity index (χ1v) is 16.0. The molecule has 1 aliphatic heterocycles. The van der Waals surface area contributed by atoms with Crippen LogP contribution < -0.4 is 26.8 Å². The minimum atomic E-state index is -1.27. The molecule has 2 aromatic heterocycles. The number of likely N-dealkylation sites (tertiary alicyclic amines) is 1. The van der Waals surface area contributed by atoms with Crippen molar-refractivity contribution in [2.24, 2.45) is 11.8 Å². The van der Waals surface area contributed by atoms with Crippen molar-refractivity contribution in [3.05, 3.63) is 48.4 Å². The Morgan fingerprint density at radius 1 is 1.21 bits per heavy atom. The van der Waals surface area contributed by atoms with E-state index < -0.39 is 35.1 Å². The van der Waals surface area contributed by atoms with E-state index in [1.165, 1.54) is 42.4 Å². The highest BCUT2D eigenvalue weighted by atomic mass is 79.9. The summed E-state index contributed by atoms with van der Waals surface area (Å²) in [5.74, 6) is -2.27. The second-order valence-electron chi connectivity index (χ2n) is 10.9. The number of anilines is 1. The van der Waals surface area contributed by atoms with Crippen LogP contribution in [-0.2, 0) is 25.7 Å². The molecular weight excluding hydrogens is 664 g/mol. The van der Waals surface area contributed by atoms with Crippen molar-refractivity contribution >= 4 is 74.0 Å². The molecule has 2 aromatic rings. The molecule has 1 aliphatic carbocycles. The molecule has 15 heteroatoms. The summed E-state index contributed by atoms with van der Waals surface area (Å²) in [6.45, 7) is 0.684. The summed E-state index contributed by atoms with van der Waals surface area (Å²) < 4.78 is 2.05. The molecule has 1 saturated heterocycles. The molecule has 4 rings (SSSR count). The highest BCUT2D eigenvalue weighted by molar-refractivity contribution is 9.10. The molecule has 232 valence electrons. The molecule has 0 aromatic carbocycles. The summed E-state index contributed by atoms with van der Waals surface area (Å²) in [5.41, 5.74) is -0.717. The lowest BCUT2D eigenvalue weighted by molar-refractivity contribution is -0.137. The number of carbonyl (C=O) groups is 5. The minimum Gasteiger partial charge on any atom is -0.353 e. The van der Waals surface area contributed by atoms with Gasteiger partial charge < -0.3 is 25.8 Å². The molecule has 3 heterocycles. The number of likely N-dealkylation sites (N-methyl/N-ethyl adjacent to an activating group) is 1. The smallest absolute Gasteiger partial charge is 0.287 e. The average molecular weight is 698 g/mol. The second-order valence-corrected chi connectivity index (χ2v) is 13.4. The first kappa shape index (κ1) is 32.8. The van der Waals surface area contributed by atoms with E-state index >= 15 is 0 Å². The summed E-state index contributed by atoms with van der Waals surface area (Å²) in [4.78, 5) is 78.5. The largest absolute Gasteiger partial charge is 0.353 e. The van der Waals surface area contributed by atoms with Crippen LogP contribution in [0.4, 0.5) is 5.69 Å². The second kappa shape index (κ2) is 14.6. The highest BCUT2D eigenvalue weighted by Gasteiger charge is 2.37. The molecule has 4 N–H and O–H groups in total. The Morgan fingerprint density at radius 3 is 2.67 bits per heavy atom. The third kappa shape index (κ3) is 8.31. The molecule has 4 unspecified atom stereocenters. The van der Waals surface area contributed by atoms with Crippen molar-refractivity contribution in [2.45, 2.75) is 57.3 Å². The van der Waals surface area contributed by atoms with Gasteiger partial charge in [0.1, 0.15) is 22.6 Å². The van der Waals surface area contributed by atoms with E-state index in [9.17, 15) is 28.8 Å². The highest BCUT2D eigenvalue weighted by Crippen LogP contribution is 2.36. The molecule has 4 atom stereocenters. The van der Waals surface area contributed by atoms with Crippen molar-refractivity contribution < 1.29 is 24.0 Å². The normalized spacial score (nSPS) is 20.5. The lowest BCUT2D eigenvalue weighted by Crippen LogP contribution is -2.57. The summed E-state index contributed by atoms with van der Waals surface area (Å²) in [7, 11) is 3.31. The van der Waals surface area contributed by atoms with Crippen LogP contribution in [-0.4, -0.2) is 71.7 Å². The van der Waals surface area contributed by atoms with E-state index in [1.807, 2.05) is 7.05 Å². The zero-order chi connectivity index (χ0) is 31.3. The molecule has 4 amide bonds. The first-order valence-electron chi connectivity index (χ1n) is 14.0. The number of aromatic nitrogens is 1. The molecule has 2 aliphatic rings. The maximum Gasteiger partial charge on any atom is 0.287 e. The zero-order valence-corrected chi connectivity index (χ0v) is 26.9. The predicted molar refractivity (Wildman–Crippen MR) is 166 cm³/mol. The molecule has 0 spiro atoms. The Hall–Kier alpha value is -3.07. The van der Waals surface area contributed by atoms with Crippen LogP contribution >= 0.6 is 38.9 Å². The van der Waals surface area contributed by atoms with E-state index in [0.717, 1.165) is 37.1 Å². The number of fused-ring (bicyclic) bond motifs is 2. The van der Waals surface area contributed by atoms with Gasteiger partial charge in [-0.2, -0.15) is 0 Å². The van der Waals surface area contributed by atoms with Crippen molar-refractivity contribution in [1.29, 1.82) is 0 Å². The van der Waals surface area contributed by atoms with Gasteiger partial charge in [-0.15, -0.1) is 11.3 Å². The number of thiophene rings is 1. The Bertz CT molecular complexity index is 1440. The van der Waals surface area contributed by atoms with Crippen LogP contribution in [0.5, 0.6) is 0 Å². The van der Waals surface area contributed by atoms with Crippen molar-refractivity contribution in [3.63, 3.8) is 0 Å². The SMILES string of the molecule is CNC(=O)C(=O)CCC(NC(=O)c1cc(Br)c(Cl)s1)C(=O)Nc1cccn(CC(=O)NC2C3CCCC(C3)CN2C)c1=O. The number of piperidine rings is 1. The van der Waals surface area contributed by atoms with Crippen LogP contribution in [0.3, 0.4) is 0 Å². The van der Waals surface area contributed by atoms with Crippen LogP contribution in [0.25, 0.3) is 0 Å². The van der Waals surface area contributed by atoms with Gasteiger partial charge >= 0.3 is 0 Å². The summed E-state index contributed by atoms with van der Waals surface area (Å²) in [6, 6.07) is 3.14. The van der Waals surface area contributed by atoms with E-state index in [0.29, 0.717) is 20.6 Å². The van der Waals surface area contributed by atoms with Crippen molar-refractivity contribution in [2.75, 3.05) is 26.0 Å². The topological polar surface area (TPSA) is 159 Å². The van der Waals surface area contributed by atoms with Gasteiger partial charge in [-0.25, -0.2) is 0 Å². The summed E-state index contributed by atoms with van der Waals surface area (Å²) >= 11 is 10.3. The van der Waals surface area contributed by atoms with Crippen LogP contribution in [0.15, 0.2) is 33.7 Å². The van der Waals surface area contributed by atoms with E-state index in [-0.39, 0.29) is 42.0 Å². The maximum atomic E-state index is 13.3. The number of Topliss-reactive ketones (excluding diaryl/α,β-unsaturated/α-hetero) is 1. The molecule has 0 radical (unpaired) electrons. The van der Waals surface area contributed by atoms with E-state index in [1.54, 1.807) is 0 Å². The lowest BCUT2D eigenvalue weighted by Gasteiger charge is -2.46. The number of pyridine rings is 1. The van der Waals surface area contributed by atoms with Gasteiger partial charge in [-0.3, -0.25) is 33.7 Å². The van der Waals surface area contributed by atoms with E-state index in [4.69, 9.17) is 11.6 Å². The number of carbonyl (C=O) groups excluding carboxylic acids is 5. The van der Waals surface area contributed by atoms with Gasteiger partial charge in [0.25, 0.3) is 17.4 Å². The number of halogens is 2. The average Bonchev–Trinajstić information content (AvgIpc) is 3.32. The molecule has 12 nitrogen and oxygen atoms in total. The van der Waals surface area contributed by atoms with Crippen LogP contribution in [0.1, 0.15) is 48.2 Å². The Balaban J connectivity index is 1.44. The van der Waals surface area contributed by atoms with Gasteiger partial charge in [0.2, 0.25) is 17.6 Å². The fourth-order valence-corrected chi connectivity index (χ4v) is 7.33. The molecule has 1 saturated carbocycles. The van der Waals surface area contributed by atoms with E-state index in [2.05, 4.69) is 42.1 Å². The molecule has 43 heavy (non-hydrogen) atoms. The quantitative estimate of drug-likeness (QED) is 0.263. The van der Waals surface area contributed by atoms with Crippen LogP contribution in [0, 0.1) is 11.8 Å². The fourth-order valence-electron chi connectivity index (χ4n) is 5.72. The first-order chi connectivity index (χ1) is 20.5. The van der Waals surface area contributed by atoms with Gasteiger partial charge in [-0.05, 0) is 78.7 Å². The number of nitrogens with zero attached hydrogens (tertiary/aromatic N) is 2. The van der Waals surface area contributed by atoms with Crippen molar-refractivity contribution in [1.82, 2.24) is 25.4 Å². The number of ketones is 1. The number of hydrogen-bond acceptors (Lipinski definition) is 8. The van der Waals surface area contributed by atoms with Gasteiger partial charge in [0.05, 0.1) is 11.0 Å². The summed E-state index contributed by atoms with van der Waals surface area (Å²) in [5, 5.41) is 10.4. The third-order valence-corrected chi connectivity index (χ3v) is 10.3. The monoisotopic (exact) mass is 696 g/mol. The number of amides is 4. The van der Waals surface area contributed by atoms with Gasteiger partial charge in [0, 0.05) is 30.7 Å². The Morgan fingerprint density at radius 2 is 1.98 bits per heavy atom. The summed E-state index contributed by atoms with van der Waals surface area (Å²) in [6.07, 6.45) is 5.33. The Labute approximate surface area is 266 Å². The minimum absolute atomic E-state index is 0.0941. The van der Waals surface area contributed by atoms with Crippen molar-refractivity contribution in [3.8, 4) is 0 Å². The van der Waals surface area contributed by atoms with Gasteiger partial charge in [0.15, 0.2) is 0 Å². The number of rotatable bonds is 11. The van der Waals surface area contributed by atoms with Gasteiger partial charge in [-0.1, -0.05) is 18.0 Å². The molecular formula is C28H34BrClN6O6S. The predicted octanol–water partition coefficient (Wildman–Crippen LogP) is 2.35. The lowest BCUT2D eigenvalue weighted by atomic mass is 9.76.